The molecule has 0 radical (unpaired) electrons. The number of hydrogen-bond donors (Lipinski definition) is 1. The number of hydrogen-bond acceptors (Lipinski definition) is 5. The Morgan fingerprint density at radius 1 is 0.889 bits per heavy atom. The van der Waals surface area contributed by atoms with Crippen molar-refractivity contribution in [2.45, 2.75) is 0 Å². The van der Waals surface area contributed by atoms with E-state index in [1.807, 2.05) is 0 Å². The van der Waals surface area contributed by atoms with Crippen LogP contribution >= 0.6 is 0 Å². The van der Waals surface area contributed by atoms with Gasteiger partial charge in [0, 0.05) is 20.2 Å². The van der Waals surface area contributed by atoms with Gasteiger partial charge in [0.25, 0.3) is 0 Å². The molecule has 0 aromatic carbocycles. The van der Waals surface area contributed by atoms with Gasteiger partial charge in [-0.3, -0.25) is 8.42 Å². The van der Waals surface area contributed by atoms with Gasteiger partial charge in [0.2, 0.25) is 0 Å². The van der Waals surface area contributed by atoms with Crippen LogP contribution in [-0.4, -0.2) is 17.5 Å². The minimum atomic E-state index is -2.95. The molecule has 0 aromatic heterocycles. The van der Waals surface area contributed by atoms with Gasteiger partial charge in [0.15, 0.2) is 0 Å². The molecule has 5 nitrogen and oxygen atoms in total. The summed E-state index contributed by atoms with van der Waals surface area (Å²) in [5, 5.41) is 0. The Bertz CT molecular complexity index is 82.6. The summed E-state index contributed by atoms with van der Waals surface area (Å²) >= 11 is 0. The van der Waals surface area contributed by atoms with Gasteiger partial charge in [-0.15, -0.1) is 0 Å². The summed E-state index contributed by atoms with van der Waals surface area (Å²) in [5.41, 5.74) is 0. The predicted molar refractivity (Wildman–Crippen MR) is 22.9 cm³/mol. The first-order valence-corrected chi connectivity index (χ1v) is 3.50. The van der Waals surface area contributed by atoms with Crippen molar-refractivity contribution in [3.8, 4) is 0 Å². The van der Waals surface area contributed by atoms with Gasteiger partial charge in [-0.1, -0.05) is 0 Å². The third-order valence-corrected chi connectivity index (χ3v) is 1.00. The van der Waals surface area contributed by atoms with E-state index in [1.165, 1.54) is 0 Å². The largest absolute Gasteiger partial charge is 1.00 e. The zero-order valence-corrected chi connectivity index (χ0v) is 10.8. The first kappa shape index (κ1) is 22.5. The molecule has 0 aliphatic rings. The van der Waals surface area contributed by atoms with Gasteiger partial charge in [-0.05, 0) is 0 Å². The molecule has 0 aliphatic heterocycles. The van der Waals surface area contributed by atoms with Gasteiger partial charge < -0.3 is 15.3 Å². The first-order chi connectivity index (χ1) is 2.64. The van der Waals surface area contributed by atoms with E-state index in [2.05, 4.69) is 0 Å². The molecule has 9 heavy (non-hydrogen) atoms. The van der Waals surface area contributed by atoms with Gasteiger partial charge in [0.1, 0.15) is 0 Å². The average molecular weight is 191 g/mol. The minimum Gasteiger partial charge on any atom is -0.763 e. The molecule has 0 fully saturated rings. The maximum absolute atomic E-state index is 9.09. The first-order valence-electron chi connectivity index (χ1n) is 0.833. The molecule has 46 valence electrons. The van der Waals surface area contributed by atoms with E-state index in [4.69, 9.17) is 17.5 Å². The Hall–Kier alpha value is 2.18. The second-order valence-electron chi connectivity index (χ2n) is 0.408. The SMILES string of the molecule is N.O=S([O-])S(=O)[O-].[Na+].[Na+]. The van der Waals surface area contributed by atoms with E-state index in [-0.39, 0.29) is 65.3 Å². The third-order valence-electron chi connectivity index (χ3n) is 0.111. The monoisotopic (exact) mass is 191 g/mol. The number of rotatable bonds is 1. The third kappa shape index (κ3) is 17.8. The Balaban J connectivity index is -0.0000000417. The van der Waals surface area contributed by atoms with E-state index in [1.54, 1.807) is 0 Å². The van der Waals surface area contributed by atoms with Crippen LogP contribution in [0.3, 0.4) is 0 Å². The summed E-state index contributed by atoms with van der Waals surface area (Å²) in [7, 11) is -5.90. The van der Waals surface area contributed by atoms with Gasteiger partial charge >= 0.3 is 59.1 Å². The molecule has 3 N–H and O–H groups in total. The Labute approximate surface area is 101 Å². The topological polar surface area (TPSA) is 115 Å². The Morgan fingerprint density at radius 3 is 1.00 bits per heavy atom. The maximum Gasteiger partial charge on any atom is 1.00 e. The second kappa shape index (κ2) is 12.8. The zero-order chi connectivity index (χ0) is 5.15. The van der Waals surface area contributed by atoms with Crippen LogP contribution in [0, 0.1) is 0 Å². The van der Waals surface area contributed by atoms with Crippen molar-refractivity contribution in [2.75, 3.05) is 0 Å². The van der Waals surface area contributed by atoms with E-state index in [0.717, 1.165) is 0 Å². The predicted octanol–water partition coefficient (Wildman–Crippen LogP) is -7.17. The van der Waals surface area contributed by atoms with Crippen LogP contribution in [0.25, 0.3) is 0 Å². The molecule has 2 atom stereocenters. The van der Waals surface area contributed by atoms with Crippen molar-refractivity contribution in [1.29, 1.82) is 0 Å². The van der Waals surface area contributed by atoms with Crippen molar-refractivity contribution in [1.82, 2.24) is 6.15 Å². The fourth-order valence-corrected chi connectivity index (χ4v) is 0. The smallest absolute Gasteiger partial charge is 0.763 e. The van der Waals surface area contributed by atoms with Crippen LogP contribution in [0.5, 0.6) is 0 Å². The van der Waals surface area contributed by atoms with E-state index >= 15 is 0 Å². The van der Waals surface area contributed by atoms with Gasteiger partial charge in [-0.25, -0.2) is 0 Å². The van der Waals surface area contributed by atoms with Crippen molar-refractivity contribution < 1.29 is 76.6 Å². The summed E-state index contributed by atoms with van der Waals surface area (Å²) in [6.45, 7) is 0. The molecule has 2 unspecified atom stereocenters. The van der Waals surface area contributed by atoms with Gasteiger partial charge in [-0.2, -0.15) is 0 Å². The van der Waals surface area contributed by atoms with Crippen molar-refractivity contribution >= 4 is 20.2 Å². The quantitative estimate of drug-likeness (QED) is 0.251. The van der Waals surface area contributed by atoms with E-state index < -0.39 is 20.2 Å². The van der Waals surface area contributed by atoms with E-state index in [0.29, 0.717) is 0 Å². The van der Waals surface area contributed by atoms with Crippen molar-refractivity contribution in [3.63, 3.8) is 0 Å². The molecule has 0 rings (SSSR count). The Kier molecular flexibility index (Phi) is 32.0. The van der Waals surface area contributed by atoms with Crippen molar-refractivity contribution in [3.05, 3.63) is 0 Å². The molecule has 0 amide bonds. The van der Waals surface area contributed by atoms with Crippen LogP contribution in [0.15, 0.2) is 0 Å². The van der Waals surface area contributed by atoms with Crippen molar-refractivity contribution in [2.24, 2.45) is 0 Å². The van der Waals surface area contributed by atoms with Crippen LogP contribution in [0.2, 0.25) is 0 Å². The van der Waals surface area contributed by atoms with Crippen LogP contribution < -0.4 is 65.3 Å². The van der Waals surface area contributed by atoms with E-state index in [9.17, 15) is 0 Å². The molecule has 0 aromatic rings. The molecule has 0 saturated heterocycles. The molecule has 0 saturated carbocycles. The normalized spacial score (nSPS) is 13.1. The summed E-state index contributed by atoms with van der Waals surface area (Å²) in [5.74, 6) is 0. The summed E-state index contributed by atoms with van der Waals surface area (Å²) < 4.78 is 36.3. The van der Waals surface area contributed by atoms with Crippen LogP contribution in [-0.2, 0) is 20.2 Å². The fourth-order valence-electron chi connectivity index (χ4n) is 0. The molecule has 9 heteroatoms. The van der Waals surface area contributed by atoms with Crippen LogP contribution in [0.4, 0.5) is 0 Å². The standard InChI is InChI=1S/H3N.2Na.H2O4S2/c;;;1-5(2)6(3)4/h1H3;;;(H,1,2)(H,3,4)/q;2*+1;/p-2. The second-order valence-corrected chi connectivity index (χ2v) is 2.86. The average Bonchev–Trinajstić information content (AvgIpc) is 1.36. The molecular weight excluding hydrogens is 188 g/mol. The summed E-state index contributed by atoms with van der Waals surface area (Å²) in [6.07, 6.45) is 0. The summed E-state index contributed by atoms with van der Waals surface area (Å²) in [6, 6.07) is 0. The molecule has 0 spiro atoms. The summed E-state index contributed by atoms with van der Waals surface area (Å²) in [4.78, 5) is 0. The fraction of sp³-hybridized carbons (Fsp3) is 0. The van der Waals surface area contributed by atoms with Crippen LogP contribution in [0.1, 0.15) is 0 Å². The van der Waals surface area contributed by atoms with Gasteiger partial charge in [0.05, 0.1) is 0 Å². The Morgan fingerprint density at radius 2 is 1.00 bits per heavy atom. The maximum atomic E-state index is 9.09. The zero-order valence-electron chi connectivity index (χ0n) is 5.16. The minimum absolute atomic E-state index is 0. The molecular formula is H3NNa2O4S2. The molecule has 0 bridgehead atoms. The molecule has 0 aliphatic carbocycles. The molecule has 0 heterocycles.